The summed E-state index contributed by atoms with van der Waals surface area (Å²) in [7, 11) is -3.29. The Morgan fingerprint density at radius 1 is 1.00 bits per heavy atom. The van der Waals surface area contributed by atoms with Gasteiger partial charge < -0.3 is 9.05 Å². The summed E-state index contributed by atoms with van der Waals surface area (Å²) in [5.74, 6) is 0. The highest BCUT2D eigenvalue weighted by Gasteiger charge is 2.50. The van der Waals surface area contributed by atoms with Crippen molar-refractivity contribution in [2.75, 3.05) is 13.2 Å². The van der Waals surface area contributed by atoms with Gasteiger partial charge in [-0.05, 0) is 51.5 Å². The largest absolute Gasteiger partial charge is 0.350 e. The van der Waals surface area contributed by atoms with Crippen molar-refractivity contribution >= 4 is 7.60 Å². The van der Waals surface area contributed by atoms with Gasteiger partial charge in [-0.15, -0.1) is 0 Å². The van der Waals surface area contributed by atoms with Crippen LogP contribution in [0.3, 0.4) is 0 Å². The molecule has 0 heterocycles. The first-order valence-electron chi connectivity index (χ1n) is 10.8. The van der Waals surface area contributed by atoms with Crippen LogP contribution in [0.1, 0.15) is 77.7 Å². The number of benzene rings is 1. The fraction of sp³-hybridized carbons (Fsp3) is 0.727. The number of nitrogens with one attached hydrogen (secondary N) is 1. The van der Waals surface area contributed by atoms with Crippen molar-refractivity contribution < 1.29 is 13.6 Å². The van der Waals surface area contributed by atoms with Crippen LogP contribution in [0.2, 0.25) is 0 Å². The molecule has 5 heteroatoms. The molecule has 0 aromatic heterocycles. The molecule has 1 aliphatic rings. The molecule has 154 valence electrons. The predicted octanol–water partition coefficient (Wildman–Crippen LogP) is 6.30. The van der Waals surface area contributed by atoms with Gasteiger partial charge in [0.25, 0.3) is 0 Å². The molecule has 1 aromatic rings. The monoisotopic (exact) mass is 395 g/mol. The second-order valence-corrected chi connectivity index (χ2v) is 9.95. The Labute approximate surface area is 166 Å². The molecular weight excluding hydrogens is 357 g/mol. The van der Waals surface area contributed by atoms with Gasteiger partial charge in [0.15, 0.2) is 0 Å². The second-order valence-electron chi connectivity index (χ2n) is 7.58. The van der Waals surface area contributed by atoms with Gasteiger partial charge in [-0.25, -0.2) is 0 Å². The summed E-state index contributed by atoms with van der Waals surface area (Å²) in [4.78, 5) is 0. The summed E-state index contributed by atoms with van der Waals surface area (Å²) in [6, 6.07) is 10.9. The summed E-state index contributed by atoms with van der Waals surface area (Å²) in [6.45, 7) is 6.77. The summed E-state index contributed by atoms with van der Waals surface area (Å²) >= 11 is 0. The van der Waals surface area contributed by atoms with Gasteiger partial charge >= 0.3 is 7.60 Å². The van der Waals surface area contributed by atoms with E-state index in [4.69, 9.17) is 9.05 Å². The van der Waals surface area contributed by atoms with Crippen molar-refractivity contribution in [1.82, 2.24) is 5.32 Å². The number of aryl methyl sites for hydroxylation is 1. The lowest BCUT2D eigenvalue weighted by atomic mass is 9.93. The highest BCUT2D eigenvalue weighted by atomic mass is 31.2. The van der Waals surface area contributed by atoms with E-state index in [1.807, 2.05) is 19.9 Å². The van der Waals surface area contributed by atoms with E-state index in [0.29, 0.717) is 19.3 Å². The molecule has 0 amide bonds. The smallest absolute Gasteiger partial charge is 0.308 e. The van der Waals surface area contributed by atoms with Crippen LogP contribution < -0.4 is 5.32 Å². The van der Waals surface area contributed by atoms with E-state index < -0.39 is 12.9 Å². The Morgan fingerprint density at radius 3 is 2.19 bits per heavy atom. The molecule has 0 aliphatic heterocycles. The molecule has 0 spiro atoms. The lowest BCUT2D eigenvalue weighted by Gasteiger charge is -2.43. The molecule has 4 nitrogen and oxygen atoms in total. The molecule has 1 saturated carbocycles. The van der Waals surface area contributed by atoms with Gasteiger partial charge in [0.2, 0.25) is 0 Å². The van der Waals surface area contributed by atoms with E-state index >= 15 is 0 Å². The average Bonchev–Trinajstić information content (AvgIpc) is 2.68. The molecule has 1 aliphatic carbocycles. The maximum absolute atomic E-state index is 14.0. The minimum atomic E-state index is -3.29. The molecule has 1 atom stereocenters. The van der Waals surface area contributed by atoms with E-state index in [2.05, 4.69) is 36.5 Å². The Balaban J connectivity index is 2.32. The predicted molar refractivity (Wildman–Crippen MR) is 113 cm³/mol. The molecule has 0 radical (unpaired) electrons. The van der Waals surface area contributed by atoms with Gasteiger partial charge in [0, 0.05) is 6.04 Å². The van der Waals surface area contributed by atoms with E-state index in [1.165, 1.54) is 24.8 Å². The van der Waals surface area contributed by atoms with Crippen LogP contribution in [0.5, 0.6) is 0 Å². The van der Waals surface area contributed by atoms with E-state index in [0.717, 1.165) is 38.5 Å². The van der Waals surface area contributed by atoms with E-state index in [9.17, 15) is 4.57 Å². The van der Waals surface area contributed by atoms with Crippen molar-refractivity contribution in [2.45, 2.75) is 89.9 Å². The first-order chi connectivity index (χ1) is 13.1. The van der Waals surface area contributed by atoms with E-state index in [-0.39, 0.29) is 0 Å². The Bertz CT molecular complexity index is 564. The molecule has 1 unspecified atom stereocenters. The van der Waals surface area contributed by atoms with Crippen molar-refractivity contribution in [3.8, 4) is 0 Å². The zero-order valence-corrected chi connectivity index (χ0v) is 18.3. The van der Waals surface area contributed by atoms with Crippen LogP contribution in [0, 0.1) is 0 Å². The number of rotatable bonds is 12. The van der Waals surface area contributed by atoms with Crippen LogP contribution in [-0.2, 0) is 20.0 Å². The van der Waals surface area contributed by atoms with Crippen LogP contribution in [-0.4, -0.2) is 24.5 Å². The maximum Gasteiger partial charge on any atom is 0.350 e. The normalized spacial score (nSPS) is 18.3. The molecule has 1 N–H and O–H groups in total. The fourth-order valence-electron chi connectivity index (χ4n) is 4.28. The summed E-state index contributed by atoms with van der Waals surface area (Å²) in [5.41, 5.74) is 1.27. The second kappa shape index (κ2) is 11.4. The highest BCUT2D eigenvalue weighted by Crippen LogP contribution is 2.62. The molecule has 2 rings (SSSR count). The molecular formula is C22H38NO3P. The van der Waals surface area contributed by atoms with Crippen molar-refractivity contribution in [1.29, 1.82) is 0 Å². The highest BCUT2D eigenvalue weighted by molar-refractivity contribution is 7.55. The minimum Gasteiger partial charge on any atom is -0.308 e. The Hall–Kier alpha value is -0.670. The molecule has 0 saturated heterocycles. The van der Waals surface area contributed by atoms with Gasteiger partial charge in [-0.1, -0.05) is 62.9 Å². The van der Waals surface area contributed by atoms with Crippen molar-refractivity contribution in [3.63, 3.8) is 0 Å². The van der Waals surface area contributed by atoms with Crippen molar-refractivity contribution in [3.05, 3.63) is 35.9 Å². The quantitative estimate of drug-likeness (QED) is 0.422. The summed E-state index contributed by atoms with van der Waals surface area (Å²) < 4.78 is 25.8. The van der Waals surface area contributed by atoms with Crippen LogP contribution in [0.15, 0.2) is 30.3 Å². The lowest BCUT2D eigenvalue weighted by Crippen LogP contribution is -2.51. The standard InChI is InChI=1S/C22H38NO3P/c1-4-18-22(23-21-15-11-8-12-16-21,27(24,25-5-2)26-6-3)19-17-20-13-9-7-10-14-20/h7,9-10,13-14,21,23H,4-6,8,11-12,15-19H2,1-3H3. The van der Waals surface area contributed by atoms with Crippen molar-refractivity contribution in [2.24, 2.45) is 0 Å². The van der Waals surface area contributed by atoms with E-state index in [1.54, 1.807) is 0 Å². The summed E-state index contributed by atoms with van der Waals surface area (Å²) in [5, 5.41) is 3.22. The van der Waals surface area contributed by atoms with Gasteiger partial charge in [0.05, 0.1) is 13.2 Å². The topological polar surface area (TPSA) is 47.6 Å². The molecule has 0 bridgehead atoms. The van der Waals surface area contributed by atoms with Gasteiger partial charge in [0.1, 0.15) is 5.28 Å². The minimum absolute atomic E-state index is 0.398. The number of hydrogen-bond donors (Lipinski definition) is 1. The average molecular weight is 396 g/mol. The lowest BCUT2D eigenvalue weighted by molar-refractivity contribution is 0.164. The van der Waals surface area contributed by atoms with Crippen LogP contribution in [0.25, 0.3) is 0 Å². The fourth-order valence-corrected chi connectivity index (χ4v) is 6.76. The zero-order chi connectivity index (χ0) is 19.6. The first kappa shape index (κ1) is 22.6. The molecule has 1 aromatic carbocycles. The Kier molecular flexibility index (Phi) is 9.52. The SMILES string of the molecule is CCCC(CCc1ccccc1)(NC1CCCCC1)P(=O)(OCC)OCC. The third kappa shape index (κ3) is 6.15. The summed E-state index contributed by atoms with van der Waals surface area (Å²) in [6.07, 6.45) is 9.45. The van der Waals surface area contributed by atoms with Crippen LogP contribution in [0.4, 0.5) is 0 Å². The van der Waals surface area contributed by atoms with Crippen LogP contribution >= 0.6 is 7.60 Å². The molecule has 27 heavy (non-hydrogen) atoms. The number of hydrogen-bond acceptors (Lipinski definition) is 4. The zero-order valence-electron chi connectivity index (χ0n) is 17.4. The first-order valence-corrected chi connectivity index (χ1v) is 12.3. The van der Waals surface area contributed by atoms with Gasteiger partial charge in [-0.2, -0.15) is 0 Å². The Morgan fingerprint density at radius 2 is 1.63 bits per heavy atom. The maximum atomic E-state index is 14.0. The third-order valence-corrected chi connectivity index (χ3v) is 8.35. The third-order valence-electron chi connectivity index (χ3n) is 5.53. The molecule has 1 fully saturated rings. The van der Waals surface area contributed by atoms with Gasteiger partial charge in [-0.3, -0.25) is 9.88 Å².